The van der Waals surface area contributed by atoms with Crippen LogP contribution >= 0.6 is 7.82 Å². The molecule has 1 aromatic carbocycles. The van der Waals surface area contributed by atoms with Gasteiger partial charge in [-0.15, -0.1) is 0 Å². The largest absolute Gasteiger partial charge is 0.756 e. The Hall–Kier alpha value is -1.32. The number of quaternary nitrogens is 1. The van der Waals surface area contributed by atoms with E-state index < -0.39 is 13.9 Å². The third-order valence-electron chi connectivity index (χ3n) is 12.8. The van der Waals surface area contributed by atoms with Gasteiger partial charge in [-0.3, -0.25) is 9.36 Å². The van der Waals surface area contributed by atoms with Gasteiger partial charge < -0.3 is 33.2 Å². The summed E-state index contributed by atoms with van der Waals surface area (Å²) in [6, 6.07) is 9.88. The van der Waals surface area contributed by atoms with Crippen molar-refractivity contribution in [2.24, 2.45) is 0 Å². The number of hydrogen-bond acceptors (Lipinski definition) is 8. The lowest BCUT2D eigenvalue weighted by Gasteiger charge is -2.30. The monoisotopic (exact) mass is 951 g/mol. The molecule has 0 saturated carbocycles. The summed E-state index contributed by atoms with van der Waals surface area (Å²) in [5, 5.41) is 3.43. The summed E-state index contributed by atoms with van der Waals surface area (Å²) in [6.07, 6.45) is 47.1. The maximum absolute atomic E-state index is 12.7. The lowest BCUT2D eigenvalue weighted by Crippen LogP contribution is -2.38. The number of carbonyl (C=O) groups excluding carboxylic acids is 1. The van der Waals surface area contributed by atoms with Crippen LogP contribution in [0.4, 0.5) is 0 Å². The lowest BCUT2D eigenvalue weighted by atomic mass is 10.0. The van der Waals surface area contributed by atoms with Gasteiger partial charge in [0.05, 0.1) is 27.7 Å². The minimum atomic E-state index is -4.43. The van der Waals surface area contributed by atoms with Gasteiger partial charge in [0.2, 0.25) is 0 Å². The van der Waals surface area contributed by atoms with Crippen molar-refractivity contribution in [1.82, 2.24) is 5.32 Å². The topological polar surface area (TPSA) is 106 Å². The molecule has 0 aliphatic rings. The first kappa shape index (κ1) is 62.7. The molecule has 1 N–H and O–H groups in total. The molecular formula is C56H107N2O7P. The molecule has 2 atom stereocenters. The van der Waals surface area contributed by atoms with Crippen LogP contribution in [0, 0.1) is 0 Å². The van der Waals surface area contributed by atoms with E-state index in [2.05, 4.69) is 12.2 Å². The Morgan fingerprint density at radius 3 is 1.42 bits per heavy atom. The molecule has 0 aliphatic carbocycles. The molecule has 0 bridgehead atoms. The summed E-state index contributed by atoms with van der Waals surface area (Å²) < 4.78 is 35.4. The molecule has 0 heterocycles. The average Bonchev–Trinajstić information content (AvgIpc) is 3.28. The first-order chi connectivity index (χ1) is 32.1. The summed E-state index contributed by atoms with van der Waals surface area (Å²) in [5.41, 5.74) is 1.04. The van der Waals surface area contributed by atoms with E-state index in [0.29, 0.717) is 37.2 Å². The smallest absolute Gasteiger partial charge is 0.306 e. The lowest BCUT2D eigenvalue weighted by molar-refractivity contribution is -0.870. The minimum Gasteiger partial charge on any atom is -0.756 e. The highest BCUT2D eigenvalue weighted by Gasteiger charge is 2.20. The number of unbranched alkanes of at least 4 members (excludes halogenated alkanes) is 34. The van der Waals surface area contributed by atoms with Crippen LogP contribution in [0.1, 0.15) is 250 Å². The van der Waals surface area contributed by atoms with Gasteiger partial charge in [0, 0.05) is 19.6 Å². The molecule has 2 unspecified atom stereocenters. The zero-order valence-corrected chi connectivity index (χ0v) is 44.7. The standard InChI is InChI=1S/C56H107N2O7P/c1-5-6-7-8-9-10-11-12-13-14-19-22-25-28-31-34-37-43-49-62-53-55(65-66(60,61)64-50-48-58(2,3)4)51-57-47-42-36-33-30-27-24-21-18-16-15-17-20-23-26-29-32-35-41-46-56(59)63-52-54-44-39-38-40-45-54/h38-40,44-45,55,57H,5-37,41-43,46-53H2,1-4H3. The van der Waals surface area contributed by atoms with Crippen molar-refractivity contribution >= 4 is 13.8 Å². The van der Waals surface area contributed by atoms with E-state index >= 15 is 0 Å². The number of carbonyl (C=O) groups is 1. The van der Waals surface area contributed by atoms with Gasteiger partial charge in [-0.05, 0) is 31.4 Å². The number of nitrogens with one attached hydrogen (secondary N) is 1. The highest BCUT2D eigenvalue weighted by Crippen LogP contribution is 2.39. The van der Waals surface area contributed by atoms with Crippen LogP contribution in [0.15, 0.2) is 30.3 Å². The van der Waals surface area contributed by atoms with E-state index in [9.17, 15) is 14.3 Å². The van der Waals surface area contributed by atoms with Crippen molar-refractivity contribution in [3.63, 3.8) is 0 Å². The van der Waals surface area contributed by atoms with E-state index in [4.69, 9.17) is 18.5 Å². The molecule has 0 amide bonds. The van der Waals surface area contributed by atoms with Gasteiger partial charge in [-0.1, -0.05) is 249 Å². The van der Waals surface area contributed by atoms with Crippen LogP contribution in [0.5, 0.6) is 0 Å². The number of phosphoric acid groups is 1. The molecule has 388 valence electrons. The number of hydrogen-bond donors (Lipinski definition) is 1. The van der Waals surface area contributed by atoms with Crippen molar-refractivity contribution in [2.45, 2.75) is 257 Å². The number of ether oxygens (including phenoxy) is 2. The maximum atomic E-state index is 12.7. The first-order valence-electron chi connectivity index (χ1n) is 28.0. The second kappa shape index (κ2) is 46.1. The molecule has 0 spiro atoms. The quantitative estimate of drug-likeness (QED) is 0.0298. The van der Waals surface area contributed by atoms with Gasteiger partial charge in [0.25, 0.3) is 7.82 Å². The normalized spacial score (nSPS) is 13.3. The highest BCUT2D eigenvalue weighted by atomic mass is 31.2. The Labute approximate surface area is 408 Å². The summed E-state index contributed by atoms with van der Waals surface area (Å²) >= 11 is 0. The number of nitrogens with zero attached hydrogens (tertiary/aromatic N) is 1. The van der Waals surface area contributed by atoms with Gasteiger partial charge in [0.1, 0.15) is 25.9 Å². The predicted molar refractivity (Wildman–Crippen MR) is 278 cm³/mol. The van der Waals surface area contributed by atoms with E-state index in [1.807, 2.05) is 51.5 Å². The summed E-state index contributed by atoms with van der Waals surface area (Å²) in [5.74, 6) is -0.0788. The van der Waals surface area contributed by atoms with Crippen LogP contribution in [-0.2, 0) is 34.5 Å². The molecule has 0 aromatic heterocycles. The summed E-state index contributed by atoms with van der Waals surface area (Å²) in [7, 11) is 1.60. The van der Waals surface area contributed by atoms with Crippen LogP contribution < -0.4 is 10.2 Å². The molecule has 9 nitrogen and oxygen atoms in total. The number of phosphoric ester groups is 1. The van der Waals surface area contributed by atoms with Crippen molar-refractivity contribution < 1.29 is 37.3 Å². The molecule has 0 aliphatic heterocycles. The van der Waals surface area contributed by atoms with Gasteiger partial charge in [0.15, 0.2) is 0 Å². The van der Waals surface area contributed by atoms with Gasteiger partial charge >= 0.3 is 5.97 Å². The second-order valence-electron chi connectivity index (χ2n) is 20.6. The minimum absolute atomic E-state index is 0.0788. The third kappa shape index (κ3) is 46.4. The molecule has 0 fully saturated rings. The van der Waals surface area contributed by atoms with Gasteiger partial charge in [-0.25, -0.2) is 0 Å². The number of rotatable bonds is 52. The van der Waals surface area contributed by atoms with E-state index in [1.165, 1.54) is 199 Å². The zero-order chi connectivity index (χ0) is 47.9. The third-order valence-corrected chi connectivity index (χ3v) is 13.9. The Morgan fingerprint density at radius 2 is 0.985 bits per heavy atom. The van der Waals surface area contributed by atoms with E-state index in [1.54, 1.807) is 0 Å². The fraction of sp³-hybridized carbons (Fsp3) is 0.875. The SMILES string of the molecule is CCCCCCCCCCCCCCCCCCCCOCC(CNCCCCCCCCCCCCCCCCCCCCC(=O)OCc1ccccc1)OP(=O)([O-])OCC[N+](C)(C)C. The predicted octanol–water partition coefficient (Wildman–Crippen LogP) is 15.4. The highest BCUT2D eigenvalue weighted by molar-refractivity contribution is 7.45. The molecule has 66 heavy (non-hydrogen) atoms. The van der Waals surface area contributed by atoms with Crippen LogP contribution in [0.2, 0.25) is 0 Å². The van der Waals surface area contributed by atoms with E-state index in [-0.39, 0.29) is 19.2 Å². The van der Waals surface area contributed by atoms with Gasteiger partial charge in [-0.2, -0.15) is 0 Å². The van der Waals surface area contributed by atoms with Crippen molar-refractivity contribution in [1.29, 1.82) is 0 Å². The Bertz CT molecular complexity index is 1220. The molecular weight excluding hydrogens is 844 g/mol. The summed E-state index contributed by atoms with van der Waals surface area (Å²) in [4.78, 5) is 24.6. The molecule has 0 saturated heterocycles. The summed E-state index contributed by atoms with van der Waals surface area (Å²) in [6.45, 7) is 5.51. The van der Waals surface area contributed by atoms with Crippen molar-refractivity contribution in [2.75, 3.05) is 60.6 Å². The average molecular weight is 951 g/mol. The molecule has 1 aromatic rings. The number of likely N-dealkylation sites (N-methyl/N-ethyl adjacent to an activating group) is 1. The fourth-order valence-electron chi connectivity index (χ4n) is 8.51. The van der Waals surface area contributed by atoms with Crippen LogP contribution in [0.3, 0.4) is 0 Å². The second-order valence-corrected chi connectivity index (χ2v) is 21.9. The first-order valence-corrected chi connectivity index (χ1v) is 29.5. The molecule has 1 rings (SSSR count). The maximum Gasteiger partial charge on any atom is 0.306 e. The van der Waals surface area contributed by atoms with Crippen molar-refractivity contribution in [3.05, 3.63) is 35.9 Å². The Kier molecular flexibility index (Phi) is 43.8. The van der Waals surface area contributed by atoms with Crippen LogP contribution in [0.25, 0.3) is 0 Å². The zero-order valence-electron chi connectivity index (χ0n) is 43.8. The number of benzene rings is 1. The van der Waals surface area contributed by atoms with E-state index in [0.717, 1.165) is 44.2 Å². The number of esters is 1. The van der Waals surface area contributed by atoms with Crippen LogP contribution in [-0.4, -0.2) is 77.2 Å². The fourth-order valence-corrected chi connectivity index (χ4v) is 9.37. The Morgan fingerprint density at radius 1 is 0.576 bits per heavy atom. The Balaban J connectivity index is 2.00. The molecule has 0 radical (unpaired) electrons. The molecule has 10 heteroatoms. The van der Waals surface area contributed by atoms with Crippen molar-refractivity contribution in [3.8, 4) is 0 Å².